The number of carbonyl (C=O) groups is 1. The van der Waals surface area contributed by atoms with E-state index in [0.717, 1.165) is 36.8 Å². The predicted octanol–water partition coefficient (Wildman–Crippen LogP) is 2.05. The Kier molecular flexibility index (Phi) is 5.73. The van der Waals surface area contributed by atoms with E-state index in [9.17, 15) is 4.79 Å². The summed E-state index contributed by atoms with van der Waals surface area (Å²) in [6.45, 7) is 6.98. The number of nitrogens with zero attached hydrogens (tertiary/aromatic N) is 4. The first-order chi connectivity index (χ1) is 8.93. The van der Waals surface area contributed by atoms with Crippen LogP contribution in [0.15, 0.2) is 6.07 Å². The monoisotopic (exact) mass is 264 g/mol. The Bertz CT molecular complexity index is 433. The van der Waals surface area contributed by atoms with E-state index in [4.69, 9.17) is 0 Å². The van der Waals surface area contributed by atoms with Crippen LogP contribution in [0.2, 0.25) is 0 Å². The van der Waals surface area contributed by atoms with Crippen LogP contribution in [-0.4, -0.2) is 42.9 Å². The second-order valence-electron chi connectivity index (χ2n) is 4.96. The third-order valence-corrected chi connectivity index (χ3v) is 2.90. The van der Waals surface area contributed by atoms with Gasteiger partial charge in [-0.3, -0.25) is 4.79 Å². The van der Waals surface area contributed by atoms with Crippen LogP contribution in [0, 0.1) is 6.92 Å². The summed E-state index contributed by atoms with van der Waals surface area (Å²) in [5.74, 6) is 2.55. The number of Topliss-reactive ketones (excluding diaryl/α,β-unsaturated/α-hetero) is 1. The van der Waals surface area contributed by atoms with Crippen molar-refractivity contribution in [3.8, 4) is 0 Å². The lowest BCUT2D eigenvalue weighted by Crippen LogP contribution is -2.26. The fourth-order valence-electron chi connectivity index (χ4n) is 1.85. The molecule has 1 aromatic heterocycles. The third kappa shape index (κ3) is 4.85. The number of hydrogen-bond donors (Lipinski definition) is 0. The maximum Gasteiger partial charge on any atom is 0.149 e. The molecule has 0 unspecified atom stereocenters. The van der Waals surface area contributed by atoms with Crippen molar-refractivity contribution < 1.29 is 4.79 Å². The molecule has 0 atom stereocenters. The van der Waals surface area contributed by atoms with Crippen molar-refractivity contribution in [1.29, 1.82) is 0 Å². The third-order valence-electron chi connectivity index (χ3n) is 2.90. The van der Waals surface area contributed by atoms with Gasteiger partial charge < -0.3 is 9.80 Å². The molecule has 0 aromatic carbocycles. The molecule has 0 bridgehead atoms. The van der Waals surface area contributed by atoms with Gasteiger partial charge >= 0.3 is 0 Å². The van der Waals surface area contributed by atoms with Crippen molar-refractivity contribution in [2.24, 2.45) is 0 Å². The molecule has 0 saturated carbocycles. The summed E-state index contributed by atoms with van der Waals surface area (Å²) in [5.41, 5.74) is 0. The van der Waals surface area contributed by atoms with Crippen LogP contribution in [0.25, 0.3) is 0 Å². The molecule has 0 aliphatic carbocycles. The van der Waals surface area contributed by atoms with Gasteiger partial charge in [-0.15, -0.1) is 0 Å². The zero-order valence-corrected chi connectivity index (χ0v) is 12.6. The van der Waals surface area contributed by atoms with Gasteiger partial charge in [0.2, 0.25) is 0 Å². The molecule has 0 aliphatic heterocycles. The fourth-order valence-corrected chi connectivity index (χ4v) is 1.85. The highest BCUT2D eigenvalue weighted by molar-refractivity contribution is 5.80. The molecule has 0 N–H and O–H groups in total. The predicted molar refractivity (Wildman–Crippen MR) is 78.9 cm³/mol. The molecular formula is C14H24N4O. The van der Waals surface area contributed by atoms with E-state index < -0.39 is 0 Å². The number of aryl methyl sites for hydroxylation is 1. The van der Waals surface area contributed by atoms with Gasteiger partial charge in [0.1, 0.15) is 23.2 Å². The normalized spacial score (nSPS) is 10.4. The average molecular weight is 264 g/mol. The molecule has 5 heteroatoms. The van der Waals surface area contributed by atoms with Crippen LogP contribution in [0.1, 0.15) is 32.5 Å². The van der Waals surface area contributed by atoms with Gasteiger partial charge in [0.25, 0.3) is 0 Å². The zero-order chi connectivity index (χ0) is 14.4. The molecule has 0 spiro atoms. The van der Waals surface area contributed by atoms with Gasteiger partial charge in [0, 0.05) is 26.7 Å². The highest BCUT2D eigenvalue weighted by Crippen LogP contribution is 2.17. The molecule has 0 saturated heterocycles. The quantitative estimate of drug-likeness (QED) is 0.754. The Balaban J connectivity index is 2.89. The minimum Gasteiger partial charge on any atom is -0.360 e. The van der Waals surface area contributed by atoms with Gasteiger partial charge in [0.15, 0.2) is 0 Å². The van der Waals surface area contributed by atoms with E-state index in [1.165, 1.54) is 0 Å². The Hall–Kier alpha value is -1.65. The lowest BCUT2D eigenvalue weighted by molar-refractivity contribution is -0.115. The first kappa shape index (κ1) is 15.4. The van der Waals surface area contributed by atoms with Crippen molar-refractivity contribution >= 4 is 17.4 Å². The van der Waals surface area contributed by atoms with Crippen LogP contribution in [0.5, 0.6) is 0 Å². The number of carbonyl (C=O) groups excluding carboxylic acids is 1. The van der Waals surface area contributed by atoms with Gasteiger partial charge in [-0.1, -0.05) is 13.3 Å². The standard InChI is InChI=1S/C14H24N4O/c1-6-7-8-17(4)13-9-14(16-12(3)15-13)18(5)10-11(2)19/h9H,6-8,10H2,1-5H3. The summed E-state index contributed by atoms with van der Waals surface area (Å²) in [6.07, 6.45) is 2.30. The number of rotatable bonds is 7. The molecule has 5 nitrogen and oxygen atoms in total. The second-order valence-corrected chi connectivity index (χ2v) is 4.96. The maximum atomic E-state index is 11.2. The van der Waals surface area contributed by atoms with Crippen molar-refractivity contribution in [2.75, 3.05) is 37.0 Å². The number of anilines is 2. The molecule has 106 valence electrons. The van der Waals surface area contributed by atoms with E-state index in [-0.39, 0.29) is 5.78 Å². The maximum absolute atomic E-state index is 11.2. The summed E-state index contributed by atoms with van der Waals surface area (Å²) >= 11 is 0. The topological polar surface area (TPSA) is 49.3 Å². The molecule has 1 aromatic rings. The summed E-state index contributed by atoms with van der Waals surface area (Å²) in [7, 11) is 3.91. The van der Waals surface area contributed by atoms with Crippen molar-refractivity contribution in [2.45, 2.75) is 33.6 Å². The summed E-state index contributed by atoms with van der Waals surface area (Å²) in [6, 6.07) is 1.94. The molecule has 1 rings (SSSR count). The molecule has 0 fully saturated rings. The molecule has 1 heterocycles. The first-order valence-electron chi connectivity index (χ1n) is 6.71. The van der Waals surface area contributed by atoms with Gasteiger partial charge in [-0.25, -0.2) is 9.97 Å². The van der Waals surface area contributed by atoms with Crippen molar-refractivity contribution in [3.63, 3.8) is 0 Å². The summed E-state index contributed by atoms with van der Waals surface area (Å²) in [4.78, 5) is 24.0. The largest absolute Gasteiger partial charge is 0.360 e. The van der Waals surface area contributed by atoms with E-state index >= 15 is 0 Å². The highest BCUT2D eigenvalue weighted by atomic mass is 16.1. The van der Waals surface area contributed by atoms with Crippen molar-refractivity contribution in [1.82, 2.24) is 9.97 Å². The number of unbranched alkanes of at least 4 members (excludes halogenated alkanes) is 1. The highest BCUT2D eigenvalue weighted by Gasteiger charge is 2.10. The van der Waals surface area contributed by atoms with Gasteiger partial charge in [0.05, 0.1) is 6.54 Å². The van der Waals surface area contributed by atoms with E-state index in [1.54, 1.807) is 6.92 Å². The fraction of sp³-hybridized carbons (Fsp3) is 0.643. The number of aromatic nitrogens is 2. The van der Waals surface area contributed by atoms with E-state index in [1.807, 2.05) is 32.0 Å². The molecule has 0 amide bonds. The lowest BCUT2D eigenvalue weighted by atomic mass is 10.3. The Morgan fingerprint density at radius 1 is 1.21 bits per heavy atom. The molecule has 0 aliphatic rings. The number of likely N-dealkylation sites (N-methyl/N-ethyl adjacent to an activating group) is 1. The zero-order valence-electron chi connectivity index (χ0n) is 12.6. The first-order valence-corrected chi connectivity index (χ1v) is 6.71. The van der Waals surface area contributed by atoms with E-state index in [2.05, 4.69) is 21.8 Å². The van der Waals surface area contributed by atoms with Gasteiger partial charge in [-0.05, 0) is 20.3 Å². The SMILES string of the molecule is CCCCN(C)c1cc(N(C)CC(C)=O)nc(C)n1. The minimum atomic E-state index is 0.125. The van der Waals surface area contributed by atoms with Crippen LogP contribution < -0.4 is 9.80 Å². The lowest BCUT2D eigenvalue weighted by Gasteiger charge is -2.22. The number of hydrogen-bond acceptors (Lipinski definition) is 5. The second kappa shape index (κ2) is 7.07. The van der Waals surface area contributed by atoms with Gasteiger partial charge in [-0.2, -0.15) is 0 Å². The smallest absolute Gasteiger partial charge is 0.149 e. The molecular weight excluding hydrogens is 240 g/mol. The Morgan fingerprint density at radius 3 is 2.32 bits per heavy atom. The van der Waals surface area contributed by atoms with Crippen LogP contribution in [0.3, 0.4) is 0 Å². The number of ketones is 1. The van der Waals surface area contributed by atoms with Crippen LogP contribution in [-0.2, 0) is 4.79 Å². The summed E-state index contributed by atoms with van der Waals surface area (Å²) < 4.78 is 0. The average Bonchev–Trinajstić information content (AvgIpc) is 2.34. The van der Waals surface area contributed by atoms with E-state index in [0.29, 0.717) is 6.54 Å². The van der Waals surface area contributed by atoms with Crippen LogP contribution >= 0.6 is 0 Å². The Labute approximate surface area is 115 Å². The molecule has 19 heavy (non-hydrogen) atoms. The summed E-state index contributed by atoms with van der Waals surface area (Å²) in [5, 5.41) is 0. The minimum absolute atomic E-state index is 0.125. The molecule has 0 radical (unpaired) electrons. The van der Waals surface area contributed by atoms with Crippen molar-refractivity contribution in [3.05, 3.63) is 11.9 Å². The van der Waals surface area contributed by atoms with Crippen LogP contribution in [0.4, 0.5) is 11.6 Å². The Morgan fingerprint density at radius 2 is 1.79 bits per heavy atom.